The van der Waals surface area contributed by atoms with Crippen molar-refractivity contribution in [2.45, 2.75) is 51.7 Å². The first-order valence-electron chi connectivity index (χ1n) is 8.24. The summed E-state index contributed by atoms with van der Waals surface area (Å²) < 4.78 is 5.88. The molecule has 1 heterocycles. The quantitative estimate of drug-likeness (QED) is 0.894. The van der Waals surface area contributed by atoms with Gasteiger partial charge in [0.05, 0.1) is 0 Å². The van der Waals surface area contributed by atoms with Gasteiger partial charge in [0.2, 0.25) is 0 Å². The van der Waals surface area contributed by atoms with Gasteiger partial charge in [-0.05, 0) is 50.4 Å². The molecule has 1 fully saturated rings. The predicted molar refractivity (Wildman–Crippen MR) is 96.5 cm³/mol. The van der Waals surface area contributed by atoms with E-state index in [1.165, 1.54) is 5.56 Å². The third-order valence-electron chi connectivity index (χ3n) is 4.33. The summed E-state index contributed by atoms with van der Waals surface area (Å²) in [6.45, 7) is 7.75. The Morgan fingerprint density at radius 3 is 2.74 bits per heavy atom. The van der Waals surface area contributed by atoms with Crippen LogP contribution in [-0.2, 0) is 4.79 Å². The van der Waals surface area contributed by atoms with Crippen molar-refractivity contribution in [3.8, 4) is 5.75 Å². The molecule has 2 rings (SSSR count). The van der Waals surface area contributed by atoms with Crippen LogP contribution in [0.15, 0.2) is 24.3 Å². The minimum absolute atomic E-state index is 0. The van der Waals surface area contributed by atoms with Gasteiger partial charge < -0.3 is 15.0 Å². The summed E-state index contributed by atoms with van der Waals surface area (Å²) in [7, 11) is 1.95. The second-order valence-corrected chi connectivity index (χ2v) is 6.40. The van der Waals surface area contributed by atoms with Crippen LogP contribution < -0.4 is 10.1 Å². The van der Waals surface area contributed by atoms with Crippen LogP contribution in [-0.4, -0.2) is 43.1 Å². The van der Waals surface area contributed by atoms with Gasteiger partial charge in [0.1, 0.15) is 5.75 Å². The number of likely N-dealkylation sites (N-methyl/N-ethyl adjacent to an activating group) is 1. The van der Waals surface area contributed by atoms with E-state index in [9.17, 15) is 4.79 Å². The SMILES string of the molecule is CNC1CCCN(C(=O)C(C)Oc2cccc(C(C)C)c2)C1.Cl. The van der Waals surface area contributed by atoms with E-state index in [2.05, 4.69) is 25.2 Å². The number of ether oxygens (including phenoxy) is 1. The summed E-state index contributed by atoms with van der Waals surface area (Å²) in [5, 5.41) is 3.26. The lowest BCUT2D eigenvalue weighted by molar-refractivity contribution is -0.139. The smallest absolute Gasteiger partial charge is 0.263 e. The van der Waals surface area contributed by atoms with E-state index in [-0.39, 0.29) is 18.3 Å². The number of carbonyl (C=O) groups excluding carboxylic acids is 1. The highest BCUT2D eigenvalue weighted by Gasteiger charge is 2.27. The van der Waals surface area contributed by atoms with E-state index in [1.54, 1.807) is 0 Å². The van der Waals surface area contributed by atoms with E-state index in [0.717, 1.165) is 31.7 Å². The van der Waals surface area contributed by atoms with E-state index < -0.39 is 6.10 Å². The Labute approximate surface area is 146 Å². The first-order valence-corrected chi connectivity index (χ1v) is 8.24. The molecule has 0 aliphatic carbocycles. The van der Waals surface area contributed by atoms with Crippen LogP contribution in [0.2, 0.25) is 0 Å². The summed E-state index contributed by atoms with van der Waals surface area (Å²) in [4.78, 5) is 14.5. The van der Waals surface area contributed by atoms with Crippen LogP contribution in [0.3, 0.4) is 0 Å². The standard InChI is InChI=1S/C18H28N2O2.ClH/c1-13(2)15-7-5-9-17(11-15)22-14(3)18(21)20-10-6-8-16(12-20)19-4;/h5,7,9,11,13-14,16,19H,6,8,10,12H2,1-4H3;1H. The summed E-state index contributed by atoms with van der Waals surface area (Å²) >= 11 is 0. The average Bonchev–Trinajstić information content (AvgIpc) is 2.54. The Bertz CT molecular complexity index is 508. The summed E-state index contributed by atoms with van der Waals surface area (Å²) in [6.07, 6.45) is 1.73. The molecule has 1 aliphatic rings. The number of rotatable bonds is 5. The van der Waals surface area contributed by atoms with Gasteiger partial charge in [0.25, 0.3) is 5.91 Å². The molecular weight excluding hydrogens is 312 g/mol. The Balaban J connectivity index is 0.00000264. The number of nitrogens with one attached hydrogen (secondary N) is 1. The summed E-state index contributed by atoms with van der Waals surface area (Å²) in [5.74, 6) is 1.30. The number of hydrogen-bond donors (Lipinski definition) is 1. The van der Waals surface area contributed by atoms with Crippen molar-refractivity contribution in [1.29, 1.82) is 0 Å². The van der Waals surface area contributed by atoms with Gasteiger partial charge in [-0.1, -0.05) is 26.0 Å². The fourth-order valence-corrected chi connectivity index (χ4v) is 2.87. The van der Waals surface area contributed by atoms with Gasteiger partial charge >= 0.3 is 0 Å². The van der Waals surface area contributed by atoms with Gasteiger partial charge in [-0.2, -0.15) is 0 Å². The third kappa shape index (κ3) is 5.40. The number of likely N-dealkylation sites (tertiary alicyclic amines) is 1. The van der Waals surface area contributed by atoms with Gasteiger partial charge in [-0.25, -0.2) is 0 Å². The van der Waals surface area contributed by atoms with Gasteiger partial charge in [0.15, 0.2) is 6.10 Å². The maximum atomic E-state index is 12.6. The van der Waals surface area contributed by atoms with Crippen molar-refractivity contribution >= 4 is 18.3 Å². The molecule has 1 aliphatic heterocycles. The van der Waals surface area contributed by atoms with Crippen LogP contribution in [0.1, 0.15) is 45.1 Å². The fourth-order valence-electron chi connectivity index (χ4n) is 2.87. The van der Waals surface area contributed by atoms with E-state index >= 15 is 0 Å². The number of nitrogens with zero attached hydrogens (tertiary/aromatic N) is 1. The van der Waals surface area contributed by atoms with E-state index in [1.807, 2.05) is 37.1 Å². The van der Waals surface area contributed by atoms with Crippen molar-refractivity contribution in [2.75, 3.05) is 20.1 Å². The van der Waals surface area contributed by atoms with Crippen molar-refractivity contribution in [3.05, 3.63) is 29.8 Å². The largest absolute Gasteiger partial charge is 0.481 e. The van der Waals surface area contributed by atoms with Crippen LogP contribution in [0.5, 0.6) is 5.75 Å². The Kier molecular flexibility index (Phi) is 7.86. The Morgan fingerprint density at radius 1 is 1.35 bits per heavy atom. The first kappa shape index (κ1) is 19.8. The molecule has 0 saturated carbocycles. The third-order valence-corrected chi connectivity index (χ3v) is 4.33. The monoisotopic (exact) mass is 340 g/mol. The molecule has 0 radical (unpaired) electrons. The Morgan fingerprint density at radius 2 is 2.09 bits per heavy atom. The van der Waals surface area contributed by atoms with Crippen molar-refractivity contribution in [3.63, 3.8) is 0 Å². The Hall–Kier alpha value is -1.26. The predicted octanol–water partition coefficient (Wildman–Crippen LogP) is 3.21. The fraction of sp³-hybridized carbons (Fsp3) is 0.611. The van der Waals surface area contributed by atoms with Gasteiger partial charge in [0, 0.05) is 19.1 Å². The van der Waals surface area contributed by atoms with Crippen molar-refractivity contribution < 1.29 is 9.53 Å². The molecular formula is C18H29ClN2O2. The van der Waals surface area contributed by atoms with E-state index in [4.69, 9.17) is 4.74 Å². The van der Waals surface area contributed by atoms with Crippen LogP contribution in [0.4, 0.5) is 0 Å². The minimum atomic E-state index is -0.446. The molecule has 0 bridgehead atoms. The van der Waals surface area contributed by atoms with Crippen LogP contribution in [0, 0.1) is 0 Å². The highest BCUT2D eigenvalue weighted by molar-refractivity contribution is 5.85. The molecule has 23 heavy (non-hydrogen) atoms. The molecule has 4 nitrogen and oxygen atoms in total. The molecule has 1 N–H and O–H groups in total. The molecule has 0 spiro atoms. The second kappa shape index (κ2) is 9.14. The zero-order chi connectivity index (χ0) is 16.1. The van der Waals surface area contributed by atoms with Crippen LogP contribution in [0.25, 0.3) is 0 Å². The maximum Gasteiger partial charge on any atom is 0.263 e. The van der Waals surface area contributed by atoms with Gasteiger partial charge in [-0.15, -0.1) is 12.4 Å². The molecule has 130 valence electrons. The second-order valence-electron chi connectivity index (χ2n) is 6.40. The lowest BCUT2D eigenvalue weighted by Gasteiger charge is -2.34. The highest BCUT2D eigenvalue weighted by Crippen LogP contribution is 2.21. The van der Waals surface area contributed by atoms with Crippen molar-refractivity contribution in [2.24, 2.45) is 0 Å². The lowest BCUT2D eigenvalue weighted by atomic mass is 10.0. The average molecular weight is 341 g/mol. The van der Waals surface area contributed by atoms with E-state index in [0.29, 0.717) is 12.0 Å². The number of carbonyl (C=O) groups is 1. The maximum absolute atomic E-state index is 12.6. The zero-order valence-corrected chi connectivity index (χ0v) is 15.4. The highest BCUT2D eigenvalue weighted by atomic mass is 35.5. The summed E-state index contributed by atoms with van der Waals surface area (Å²) in [5.41, 5.74) is 1.23. The molecule has 1 amide bonds. The zero-order valence-electron chi connectivity index (χ0n) is 14.5. The number of halogens is 1. The molecule has 2 unspecified atom stereocenters. The van der Waals surface area contributed by atoms with Gasteiger partial charge in [-0.3, -0.25) is 4.79 Å². The van der Waals surface area contributed by atoms with Crippen molar-refractivity contribution in [1.82, 2.24) is 10.2 Å². The first-order chi connectivity index (χ1) is 10.5. The normalized spacial score (nSPS) is 19.2. The molecule has 2 atom stereocenters. The number of amides is 1. The molecule has 1 aromatic rings. The molecule has 1 aromatic carbocycles. The molecule has 5 heteroatoms. The molecule has 0 aromatic heterocycles. The van der Waals surface area contributed by atoms with Crippen LogP contribution >= 0.6 is 12.4 Å². The summed E-state index contributed by atoms with van der Waals surface area (Å²) in [6, 6.07) is 8.42. The number of hydrogen-bond acceptors (Lipinski definition) is 3. The lowest BCUT2D eigenvalue weighted by Crippen LogP contribution is -2.50. The number of benzene rings is 1. The minimum Gasteiger partial charge on any atom is -0.481 e. The number of piperidine rings is 1. The topological polar surface area (TPSA) is 41.6 Å². The molecule has 1 saturated heterocycles.